The highest BCUT2D eigenvalue weighted by atomic mass is 32.1. The molecule has 1 saturated heterocycles. The fourth-order valence-electron chi connectivity index (χ4n) is 3.97. The average Bonchev–Trinajstić information content (AvgIpc) is 3.26. The lowest BCUT2D eigenvalue weighted by Gasteiger charge is -2.48. The summed E-state index contributed by atoms with van der Waals surface area (Å²) in [5, 5.41) is 16.4. The van der Waals surface area contributed by atoms with Crippen LogP contribution >= 0.6 is 11.3 Å². The first-order valence-electron chi connectivity index (χ1n) is 9.79. The molecule has 1 fully saturated rings. The van der Waals surface area contributed by atoms with E-state index in [1.807, 2.05) is 48.8 Å². The van der Waals surface area contributed by atoms with Crippen molar-refractivity contribution in [3.05, 3.63) is 88.4 Å². The molecule has 3 heterocycles. The molecule has 1 aliphatic rings. The zero-order chi connectivity index (χ0) is 20.3. The number of hydrogen-bond acceptors (Lipinski definition) is 5. The second-order valence-corrected chi connectivity index (χ2v) is 8.70. The molecular weight excluding hydrogens is 382 g/mol. The predicted octanol–water partition coefficient (Wildman–Crippen LogP) is 3.64. The number of carbonyl (C=O) groups is 1. The lowest BCUT2D eigenvalue weighted by Crippen LogP contribution is -2.62. The molecule has 150 valence electrons. The average molecular weight is 408 g/mol. The van der Waals surface area contributed by atoms with Gasteiger partial charge in [-0.1, -0.05) is 30.3 Å². The largest absolute Gasteiger partial charge is 0.388 e. The third-order valence-electron chi connectivity index (χ3n) is 5.55. The van der Waals surface area contributed by atoms with Crippen LogP contribution in [0.1, 0.15) is 40.2 Å². The third kappa shape index (κ3) is 4.40. The van der Waals surface area contributed by atoms with E-state index >= 15 is 0 Å². The lowest BCUT2D eigenvalue weighted by atomic mass is 9.81. The summed E-state index contributed by atoms with van der Waals surface area (Å²) < 4.78 is 0. The highest BCUT2D eigenvalue weighted by molar-refractivity contribution is 7.10. The molecule has 29 heavy (non-hydrogen) atoms. The number of nitrogens with one attached hydrogen (secondary N) is 1. The van der Waals surface area contributed by atoms with Gasteiger partial charge in [-0.25, -0.2) is 0 Å². The normalized spacial score (nSPS) is 24.9. The Hall–Kier alpha value is -2.54. The maximum Gasteiger partial charge on any atom is 0.251 e. The number of carbonyl (C=O) groups excluding carboxylic acids is 1. The minimum absolute atomic E-state index is 0.119. The van der Waals surface area contributed by atoms with Gasteiger partial charge in [-0.3, -0.25) is 14.7 Å². The van der Waals surface area contributed by atoms with Crippen LogP contribution in [-0.4, -0.2) is 39.1 Å². The van der Waals surface area contributed by atoms with E-state index in [0.29, 0.717) is 18.5 Å². The molecule has 5 nitrogen and oxygen atoms in total. The van der Waals surface area contributed by atoms with Crippen LogP contribution in [0.3, 0.4) is 0 Å². The van der Waals surface area contributed by atoms with Crippen molar-refractivity contribution in [2.45, 2.75) is 37.6 Å². The SMILES string of the molecule is CC1(O)CCN(Cc2cccnc2)C(c2cccs2)C1NC(=O)c1ccccc1. The Kier molecular flexibility index (Phi) is 5.76. The topological polar surface area (TPSA) is 65.5 Å². The van der Waals surface area contributed by atoms with E-state index in [2.05, 4.69) is 27.3 Å². The zero-order valence-corrected chi connectivity index (χ0v) is 17.2. The van der Waals surface area contributed by atoms with Crippen molar-refractivity contribution in [3.63, 3.8) is 0 Å². The number of nitrogens with zero attached hydrogens (tertiary/aromatic N) is 2. The van der Waals surface area contributed by atoms with Gasteiger partial charge < -0.3 is 10.4 Å². The van der Waals surface area contributed by atoms with E-state index in [0.717, 1.165) is 17.0 Å². The molecule has 3 atom stereocenters. The summed E-state index contributed by atoms with van der Waals surface area (Å²) in [6, 6.07) is 16.7. The summed E-state index contributed by atoms with van der Waals surface area (Å²) in [7, 11) is 0. The highest BCUT2D eigenvalue weighted by Gasteiger charge is 2.46. The Bertz CT molecular complexity index is 929. The molecule has 0 spiro atoms. The van der Waals surface area contributed by atoms with E-state index in [-0.39, 0.29) is 11.9 Å². The van der Waals surface area contributed by atoms with Gasteiger partial charge in [0, 0.05) is 35.9 Å². The number of aliphatic hydroxyl groups is 1. The minimum Gasteiger partial charge on any atom is -0.388 e. The maximum absolute atomic E-state index is 12.9. The number of thiophene rings is 1. The number of pyridine rings is 1. The van der Waals surface area contributed by atoms with Crippen LogP contribution in [0.2, 0.25) is 0 Å². The van der Waals surface area contributed by atoms with Gasteiger partial charge in [0.15, 0.2) is 0 Å². The van der Waals surface area contributed by atoms with Crippen LogP contribution in [0.4, 0.5) is 0 Å². The Morgan fingerprint density at radius 1 is 1.24 bits per heavy atom. The molecule has 0 saturated carbocycles. The van der Waals surface area contributed by atoms with E-state index in [4.69, 9.17) is 0 Å². The maximum atomic E-state index is 12.9. The molecule has 3 aromatic rings. The summed E-state index contributed by atoms with van der Waals surface area (Å²) in [5.74, 6) is -0.166. The second-order valence-electron chi connectivity index (χ2n) is 7.72. The third-order valence-corrected chi connectivity index (χ3v) is 6.49. The molecule has 6 heteroatoms. The quantitative estimate of drug-likeness (QED) is 0.678. The molecule has 2 aromatic heterocycles. The Balaban J connectivity index is 1.66. The van der Waals surface area contributed by atoms with Crippen LogP contribution in [0.15, 0.2) is 72.4 Å². The molecule has 1 aromatic carbocycles. The van der Waals surface area contributed by atoms with Gasteiger partial charge in [0.25, 0.3) is 5.91 Å². The number of hydrogen-bond donors (Lipinski definition) is 2. The fraction of sp³-hybridized carbons (Fsp3) is 0.304. The van der Waals surface area contributed by atoms with Gasteiger partial charge in [0.05, 0.1) is 17.7 Å². The Morgan fingerprint density at radius 2 is 2.07 bits per heavy atom. The van der Waals surface area contributed by atoms with Gasteiger partial charge in [-0.2, -0.15) is 0 Å². The lowest BCUT2D eigenvalue weighted by molar-refractivity contribution is -0.0656. The number of rotatable bonds is 5. The number of piperidine rings is 1. The first kappa shape index (κ1) is 19.8. The van der Waals surface area contributed by atoms with Crippen LogP contribution in [0.25, 0.3) is 0 Å². The summed E-state index contributed by atoms with van der Waals surface area (Å²) in [4.78, 5) is 20.6. The Labute approximate surface area is 175 Å². The first-order chi connectivity index (χ1) is 14.0. The predicted molar refractivity (Wildman–Crippen MR) is 115 cm³/mol. The van der Waals surface area contributed by atoms with Crippen molar-refractivity contribution in [1.29, 1.82) is 0 Å². The smallest absolute Gasteiger partial charge is 0.251 e. The van der Waals surface area contributed by atoms with Crippen molar-refractivity contribution < 1.29 is 9.90 Å². The summed E-state index contributed by atoms with van der Waals surface area (Å²) in [6.07, 6.45) is 4.22. The van der Waals surface area contributed by atoms with Crippen molar-refractivity contribution >= 4 is 17.2 Å². The van der Waals surface area contributed by atoms with Gasteiger partial charge in [-0.15, -0.1) is 11.3 Å². The molecule has 0 bridgehead atoms. The summed E-state index contributed by atoms with van der Waals surface area (Å²) in [6.45, 7) is 3.28. The molecule has 1 amide bonds. The highest BCUT2D eigenvalue weighted by Crippen LogP contribution is 2.39. The zero-order valence-electron chi connectivity index (χ0n) is 16.4. The molecular formula is C23H25N3O2S. The number of benzene rings is 1. The number of likely N-dealkylation sites (tertiary alicyclic amines) is 1. The molecule has 0 aliphatic carbocycles. The van der Waals surface area contributed by atoms with E-state index in [9.17, 15) is 9.90 Å². The monoisotopic (exact) mass is 407 g/mol. The van der Waals surface area contributed by atoms with Gasteiger partial charge in [0.1, 0.15) is 0 Å². The molecule has 2 N–H and O–H groups in total. The standard InChI is InChI=1S/C23H25N3O2S/c1-23(28)11-13-26(16-17-7-5-12-24-15-17)20(19-10-6-14-29-19)21(23)25-22(27)18-8-3-2-4-9-18/h2-10,12,14-15,20-21,28H,11,13,16H2,1H3,(H,25,27). The van der Waals surface area contributed by atoms with Crippen LogP contribution in [0.5, 0.6) is 0 Å². The van der Waals surface area contributed by atoms with Crippen LogP contribution in [-0.2, 0) is 6.54 Å². The van der Waals surface area contributed by atoms with Crippen LogP contribution < -0.4 is 5.32 Å². The molecule has 1 aliphatic heterocycles. The summed E-state index contributed by atoms with van der Waals surface area (Å²) >= 11 is 1.65. The number of amides is 1. The molecule has 0 radical (unpaired) electrons. The van der Waals surface area contributed by atoms with Crippen molar-refractivity contribution in [2.75, 3.05) is 6.54 Å². The van der Waals surface area contributed by atoms with E-state index in [1.54, 1.807) is 29.7 Å². The van der Waals surface area contributed by atoms with Crippen molar-refractivity contribution in [3.8, 4) is 0 Å². The van der Waals surface area contributed by atoms with Crippen molar-refractivity contribution in [2.24, 2.45) is 0 Å². The second kappa shape index (κ2) is 8.45. The van der Waals surface area contributed by atoms with Gasteiger partial charge >= 0.3 is 0 Å². The van der Waals surface area contributed by atoms with Crippen LogP contribution in [0, 0.1) is 0 Å². The first-order valence-corrected chi connectivity index (χ1v) is 10.7. The van der Waals surface area contributed by atoms with Gasteiger partial charge in [-0.05, 0) is 48.6 Å². The summed E-state index contributed by atoms with van der Waals surface area (Å²) in [5.41, 5.74) is 0.700. The van der Waals surface area contributed by atoms with E-state index < -0.39 is 11.6 Å². The molecule has 3 unspecified atom stereocenters. The number of aromatic nitrogens is 1. The fourth-order valence-corrected chi connectivity index (χ4v) is 4.87. The van der Waals surface area contributed by atoms with E-state index in [1.165, 1.54) is 0 Å². The van der Waals surface area contributed by atoms with Gasteiger partial charge in [0.2, 0.25) is 0 Å². The molecule has 4 rings (SSSR count). The Morgan fingerprint density at radius 3 is 2.76 bits per heavy atom. The van der Waals surface area contributed by atoms with Crippen molar-refractivity contribution in [1.82, 2.24) is 15.2 Å². The minimum atomic E-state index is -1.01.